The van der Waals surface area contributed by atoms with Crippen LogP contribution < -0.4 is 16.2 Å². The van der Waals surface area contributed by atoms with Crippen molar-refractivity contribution in [3.63, 3.8) is 0 Å². The molecule has 18 heavy (non-hydrogen) atoms. The lowest BCUT2D eigenvalue weighted by molar-refractivity contribution is 0.766. The Labute approximate surface area is 110 Å². The number of nitrogens with two attached hydrogens (primary N) is 2. The van der Waals surface area contributed by atoms with E-state index < -0.39 is 0 Å². The fourth-order valence-corrected chi connectivity index (χ4v) is 2.57. The van der Waals surface area contributed by atoms with Crippen LogP contribution in [0.5, 0.6) is 0 Å². The van der Waals surface area contributed by atoms with E-state index in [0.717, 1.165) is 43.7 Å². The highest BCUT2D eigenvalue weighted by Gasteiger charge is 2.15. The molecule has 2 heterocycles. The number of anilines is 1. The van der Waals surface area contributed by atoms with Crippen LogP contribution in [0.1, 0.15) is 30.5 Å². The van der Waals surface area contributed by atoms with Crippen molar-refractivity contribution in [2.75, 3.05) is 11.2 Å². The van der Waals surface area contributed by atoms with Crippen LogP contribution in [0.2, 0.25) is 0 Å². The molecule has 98 valence electrons. The van der Waals surface area contributed by atoms with E-state index in [9.17, 15) is 0 Å². The Morgan fingerprint density at radius 2 is 2.33 bits per heavy atom. The number of pyridine rings is 1. The zero-order chi connectivity index (χ0) is 13.0. The summed E-state index contributed by atoms with van der Waals surface area (Å²) in [4.78, 5) is 4.71. The second kappa shape index (κ2) is 6.01. The molecule has 0 saturated heterocycles. The van der Waals surface area contributed by atoms with Gasteiger partial charge in [0.2, 0.25) is 0 Å². The summed E-state index contributed by atoms with van der Waals surface area (Å²) in [6.45, 7) is 1.06. The minimum Gasteiger partial charge on any atom is -0.386 e. The Hall–Kier alpha value is -1.35. The summed E-state index contributed by atoms with van der Waals surface area (Å²) in [7, 11) is 2.74. The molecular weight excluding hydrogens is 245 g/mol. The average molecular weight is 265 g/mol. The number of amidine groups is 1. The maximum Gasteiger partial charge on any atom is 0.134 e. The predicted molar refractivity (Wildman–Crippen MR) is 78.4 cm³/mol. The van der Waals surface area contributed by atoms with Crippen LogP contribution in [0.25, 0.3) is 0 Å². The quantitative estimate of drug-likeness (QED) is 0.281. The Morgan fingerprint density at radius 1 is 1.50 bits per heavy atom. The lowest BCUT2D eigenvalue weighted by Gasteiger charge is -2.26. The molecule has 2 rings (SSSR count). The van der Waals surface area contributed by atoms with Gasteiger partial charge in [0.15, 0.2) is 0 Å². The standard InChI is InChI=1S/C12H20N5P/c13-11(16-14)5-1-4-10-7-6-9-3-2-8-17(18)12(9)15-10/h6-7H,1-5,8,14,18H2,(H2,13,16). The van der Waals surface area contributed by atoms with E-state index in [1.807, 2.05) is 0 Å². The summed E-state index contributed by atoms with van der Waals surface area (Å²) in [5.41, 5.74) is 8.00. The maximum atomic E-state index is 5.56. The van der Waals surface area contributed by atoms with Gasteiger partial charge in [-0.25, -0.2) is 4.98 Å². The summed E-state index contributed by atoms with van der Waals surface area (Å²) in [6, 6.07) is 4.30. The third-order valence-electron chi connectivity index (χ3n) is 3.16. The second-order valence-electron chi connectivity index (χ2n) is 4.56. The molecule has 0 aromatic carbocycles. The molecule has 0 amide bonds. The molecule has 0 aliphatic carbocycles. The van der Waals surface area contributed by atoms with Gasteiger partial charge in [0.25, 0.3) is 0 Å². The minimum atomic E-state index is 0.501. The first-order chi connectivity index (χ1) is 8.70. The lowest BCUT2D eigenvalue weighted by Crippen LogP contribution is -2.20. The number of hydrogen-bond acceptors (Lipinski definition) is 4. The van der Waals surface area contributed by atoms with E-state index in [-0.39, 0.29) is 0 Å². The van der Waals surface area contributed by atoms with Crippen LogP contribution in [0.15, 0.2) is 17.2 Å². The number of fused-ring (bicyclic) bond motifs is 1. The monoisotopic (exact) mass is 265 g/mol. The highest BCUT2D eigenvalue weighted by Crippen LogP contribution is 2.27. The molecule has 6 heteroatoms. The van der Waals surface area contributed by atoms with Gasteiger partial charge in [-0.15, -0.1) is 0 Å². The first-order valence-corrected chi connectivity index (χ1v) is 6.75. The first-order valence-electron chi connectivity index (χ1n) is 6.24. The van der Waals surface area contributed by atoms with Crippen LogP contribution in [-0.2, 0) is 12.8 Å². The van der Waals surface area contributed by atoms with Crippen LogP contribution >= 0.6 is 9.39 Å². The van der Waals surface area contributed by atoms with E-state index in [1.54, 1.807) is 0 Å². The zero-order valence-corrected chi connectivity index (χ0v) is 11.6. The Morgan fingerprint density at radius 3 is 3.11 bits per heavy atom. The number of aryl methyl sites for hydroxylation is 2. The van der Waals surface area contributed by atoms with E-state index in [0.29, 0.717) is 5.84 Å². The number of nitrogens with zero attached hydrogens (tertiary/aromatic N) is 3. The average Bonchev–Trinajstić information content (AvgIpc) is 2.39. The molecule has 0 fully saturated rings. The van der Waals surface area contributed by atoms with Gasteiger partial charge in [-0.05, 0) is 46.7 Å². The third-order valence-corrected chi connectivity index (χ3v) is 3.67. The van der Waals surface area contributed by atoms with Crippen molar-refractivity contribution in [1.29, 1.82) is 0 Å². The molecule has 1 atom stereocenters. The molecule has 0 bridgehead atoms. The SMILES string of the molecule is N/N=C(/N)CCCc1ccc2c(n1)N(P)CCC2. The van der Waals surface area contributed by atoms with Gasteiger partial charge in [0.1, 0.15) is 11.7 Å². The van der Waals surface area contributed by atoms with Crippen molar-refractivity contribution in [3.8, 4) is 0 Å². The van der Waals surface area contributed by atoms with Gasteiger partial charge >= 0.3 is 0 Å². The highest BCUT2D eigenvalue weighted by molar-refractivity contribution is 7.19. The van der Waals surface area contributed by atoms with Crippen LogP contribution in [0.4, 0.5) is 5.82 Å². The number of hydrogen-bond donors (Lipinski definition) is 2. The number of hydrazone groups is 1. The summed E-state index contributed by atoms with van der Waals surface area (Å²) < 4.78 is 2.15. The molecular formula is C12H20N5P. The Kier molecular flexibility index (Phi) is 4.37. The minimum absolute atomic E-state index is 0.501. The van der Waals surface area contributed by atoms with Crippen molar-refractivity contribution >= 4 is 21.0 Å². The van der Waals surface area contributed by atoms with Crippen LogP contribution in [-0.4, -0.2) is 17.4 Å². The van der Waals surface area contributed by atoms with Gasteiger partial charge in [0, 0.05) is 18.7 Å². The van der Waals surface area contributed by atoms with Gasteiger partial charge < -0.3 is 16.2 Å². The van der Waals surface area contributed by atoms with Crippen molar-refractivity contribution in [1.82, 2.24) is 4.98 Å². The fraction of sp³-hybridized carbons (Fsp3) is 0.500. The summed E-state index contributed by atoms with van der Waals surface area (Å²) >= 11 is 0. The van der Waals surface area contributed by atoms with E-state index in [2.05, 4.69) is 31.3 Å². The molecule has 5 nitrogen and oxygen atoms in total. The molecule has 0 saturated carbocycles. The molecule has 1 aromatic heterocycles. The fourth-order valence-electron chi connectivity index (χ4n) is 2.16. The molecule has 1 aromatic rings. The maximum absolute atomic E-state index is 5.56. The van der Waals surface area contributed by atoms with E-state index in [1.165, 1.54) is 12.0 Å². The van der Waals surface area contributed by atoms with Crippen LogP contribution in [0.3, 0.4) is 0 Å². The molecule has 0 spiro atoms. The molecule has 4 N–H and O–H groups in total. The molecule has 1 aliphatic rings. The van der Waals surface area contributed by atoms with E-state index in [4.69, 9.17) is 16.6 Å². The summed E-state index contributed by atoms with van der Waals surface area (Å²) in [6.07, 6.45) is 4.87. The summed E-state index contributed by atoms with van der Waals surface area (Å²) in [5, 5.41) is 3.46. The Bertz CT molecular complexity index is 446. The number of rotatable bonds is 4. The van der Waals surface area contributed by atoms with Gasteiger partial charge in [-0.2, -0.15) is 5.10 Å². The zero-order valence-electron chi connectivity index (χ0n) is 10.5. The molecule has 0 radical (unpaired) electrons. The molecule has 1 unspecified atom stereocenters. The van der Waals surface area contributed by atoms with Gasteiger partial charge in [0.05, 0.1) is 0 Å². The largest absolute Gasteiger partial charge is 0.386 e. The van der Waals surface area contributed by atoms with Gasteiger partial charge in [-0.1, -0.05) is 6.07 Å². The smallest absolute Gasteiger partial charge is 0.134 e. The topological polar surface area (TPSA) is 80.5 Å². The predicted octanol–water partition coefficient (Wildman–Crippen LogP) is 1.18. The molecule has 1 aliphatic heterocycles. The van der Waals surface area contributed by atoms with Crippen molar-refractivity contribution < 1.29 is 0 Å². The number of aromatic nitrogens is 1. The van der Waals surface area contributed by atoms with Crippen molar-refractivity contribution in [2.24, 2.45) is 16.7 Å². The lowest BCUT2D eigenvalue weighted by atomic mass is 10.1. The van der Waals surface area contributed by atoms with Gasteiger partial charge in [-0.3, -0.25) is 0 Å². The normalized spacial score (nSPS) is 15.6. The first kappa shape index (κ1) is 13.1. The van der Waals surface area contributed by atoms with Crippen molar-refractivity contribution in [3.05, 3.63) is 23.4 Å². The van der Waals surface area contributed by atoms with Crippen molar-refractivity contribution in [2.45, 2.75) is 32.1 Å². The highest BCUT2D eigenvalue weighted by atomic mass is 31.0. The third kappa shape index (κ3) is 3.10. The second-order valence-corrected chi connectivity index (χ2v) is 5.18. The Balaban J connectivity index is 2.00. The van der Waals surface area contributed by atoms with E-state index >= 15 is 0 Å². The van der Waals surface area contributed by atoms with Crippen LogP contribution in [0, 0.1) is 0 Å². The summed E-state index contributed by atoms with van der Waals surface area (Å²) in [5.74, 6) is 6.70.